The predicted octanol–water partition coefficient (Wildman–Crippen LogP) is 2.75. The Labute approximate surface area is 117 Å². The third-order valence-corrected chi connectivity index (χ3v) is 2.77. The summed E-state index contributed by atoms with van der Waals surface area (Å²) in [6, 6.07) is 3.75. The molecule has 0 unspecified atom stereocenters. The number of allylic oxidation sites excluding steroid dienone is 5. The Bertz CT molecular complexity index is 710. The number of aromatic nitrogens is 3. The van der Waals surface area contributed by atoms with Gasteiger partial charge in [0.15, 0.2) is 11.5 Å². The number of anilines is 1. The van der Waals surface area contributed by atoms with Gasteiger partial charge in [0.2, 0.25) is 6.41 Å². The zero-order valence-corrected chi connectivity index (χ0v) is 11.5. The lowest BCUT2D eigenvalue weighted by Crippen LogP contribution is -2.01. The molecule has 20 heavy (non-hydrogen) atoms. The molecule has 2 aromatic rings. The molecule has 1 amide bonds. The fourth-order valence-electron chi connectivity index (χ4n) is 1.89. The summed E-state index contributed by atoms with van der Waals surface area (Å²) in [7, 11) is 0. The highest BCUT2D eigenvalue weighted by molar-refractivity contribution is 5.81. The van der Waals surface area contributed by atoms with E-state index < -0.39 is 0 Å². The molecule has 0 aliphatic heterocycles. The van der Waals surface area contributed by atoms with Crippen LogP contribution in [0.1, 0.15) is 18.3 Å². The number of fused-ring (bicyclic) bond motifs is 1. The first-order valence-corrected chi connectivity index (χ1v) is 6.20. The summed E-state index contributed by atoms with van der Waals surface area (Å²) >= 11 is 0. The van der Waals surface area contributed by atoms with Gasteiger partial charge in [-0.2, -0.15) is 5.10 Å². The van der Waals surface area contributed by atoms with Crippen molar-refractivity contribution in [1.29, 1.82) is 0 Å². The molecule has 0 fully saturated rings. The summed E-state index contributed by atoms with van der Waals surface area (Å²) in [6.45, 7) is 7.47. The molecular formula is C15H16N4O. The number of carbonyl (C=O) groups excluding carboxylic acids is 1. The largest absolute Gasteiger partial charge is 0.311 e. The molecular weight excluding hydrogens is 252 g/mol. The van der Waals surface area contributed by atoms with Crippen LogP contribution in [-0.4, -0.2) is 21.0 Å². The van der Waals surface area contributed by atoms with E-state index in [1.165, 1.54) is 0 Å². The highest BCUT2D eigenvalue weighted by Gasteiger charge is 2.14. The van der Waals surface area contributed by atoms with Crippen LogP contribution in [0.2, 0.25) is 0 Å². The van der Waals surface area contributed by atoms with Crippen molar-refractivity contribution >= 4 is 23.4 Å². The van der Waals surface area contributed by atoms with E-state index in [1.807, 2.05) is 44.2 Å². The van der Waals surface area contributed by atoms with E-state index in [1.54, 1.807) is 10.6 Å². The van der Waals surface area contributed by atoms with E-state index in [0.717, 1.165) is 17.0 Å². The van der Waals surface area contributed by atoms with Gasteiger partial charge in [0, 0.05) is 0 Å². The molecule has 0 aromatic carbocycles. The number of hydrogen-bond acceptors (Lipinski definition) is 3. The number of nitrogens with zero attached hydrogens (tertiary/aromatic N) is 3. The van der Waals surface area contributed by atoms with E-state index in [2.05, 4.69) is 22.0 Å². The minimum atomic E-state index is 0.499. The van der Waals surface area contributed by atoms with Crippen LogP contribution < -0.4 is 5.32 Å². The zero-order valence-electron chi connectivity index (χ0n) is 11.5. The van der Waals surface area contributed by atoms with Gasteiger partial charge in [0.25, 0.3) is 0 Å². The van der Waals surface area contributed by atoms with Crippen LogP contribution in [0.5, 0.6) is 0 Å². The van der Waals surface area contributed by atoms with Crippen molar-refractivity contribution in [3.8, 4) is 0 Å². The van der Waals surface area contributed by atoms with Crippen molar-refractivity contribution in [3.05, 3.63) is 54.4 Å². The van der Waals surface area contributed by atoms with Crippen LogP contribution in [0.3, 0.4) is 0 Å². The van der Waals surface area contributed by atoms with Crippen molar-refractivity contribution in [2.75, 3.05) is 5.32 Å². The second kappa shape index (κ2) is 5.97. The number of carbonyl (C=O) groups is 1. The quantitative estimate of drug-likeness (QED) is 0.670. The van der Waals surface area contributed by atoms with E-state index in [9.17, 15) is 4.79 Å². The Morgan fingerprint density at radius 1 is 1.40 bits per heavy atom. The summed E-state index contributed by atoms with van der Waals surface area (Å²) in [4.78, 5) is 15.1. The molecule has 0 radical (unpaired) electrons. The monoisotopic (exact) mass is 268 g/mol. The second-order valence-corrected chi connectivity index (χ2v) is 4.29. The van der Waals surface area contributed by atoms with Crippen molar-refractivity contribution in [2.24, 2.45) is 0 Å². The van der Waals surface area contributed by atoms with Gasteiger partial charge in [-0.3, -0.25) is 4.79 Å². The number of imidazole rings is 1. The fraction of sp³-hybridized carbons (Fsp3) is 0.133. The Kier molecular flexibility index (Phi) is 4.10. The number of aryl methyl sites for hydroxylation is 1. The van der Waals surface area contributed by atoms with E-state index in [0.29, 0.717) is 17.9 Å². The fourth-order valence-corrected chi connectivity index (χ4v) is 1.89. The Balaban J connectivity index is 2.63. The van der Waals surface area contributed by atoms with Gasteiger partial charge >= 0.3 is 0 Å². The molecule has 5 nitrogen and oxygen atoms in total. The Hall–Kier alpha value is -2.69. The SMILES string of the molecule is C=C/C=C\C=C(/C)c1c(NC=O)nc2ccc(C)nn12. The van der Waals surface area contributed by atoms with Gasteiger partial charge in [-0.1, -0.05) is 30.9 Å². The summed E-state index contributed by atoms with van der Waals surface area (Å²) in [5.74, 6) is 0.499. The molecule has 0 spiro atoms. The number of rotatable bonds is 5. The van der Waals surface area contributed by atoms with Crippen LogP contribution in [0.15, 0.2) is 43.0 Å². The van der Waals surface area contributed by atoms with Crippen LogP contribution in [0.25, 0.3) is 11.2 Å². The van der Waals surface area contributed by atoms with E-state index >= 15 is 0 Å². The van der Waals surface area contributed by atoms with Gasteiger partial charge in [0.1, 0.15) is 5.69 Å². The molecule has 0 saturated carbocycles. The van der Waals surface area contributed by atoms with Gasteiger partial charge in [0.05, 0.1) is 5.69 Å². The molecule has 0 aliphatic rings. The molecule has 0 aliphatic carbocycles. The lowest BCUT2D eigenvalue weighted by atomic mass is 10.2. The maximum atomic E-state index is 10.7. The average molecular weight is 268 g/mol. The summed E-state index contributed by atoms with van der Waals surface area (Å²) in [5.41, 5.74) is 3.28. The van der Waals surface area contributed by atoms with Crippen molar-refractivity contribution in [1.82, 2.24) is 14.6 Å². The topological polar surface area (TPSA) is 59.3 Å². The minimum Gasteiger partial charge on any atom is -0.311 e. The second-order valence-electron chi connectivity index (χ2n) is 4.29. The molecule has 0 atom stereocenters. The minimum absolute atomic E-state index is 0.499. The molecule has 102 valence electrons. The number of hydrogen-bond donors (Lipinski definition) is 1. The summed E-state index contributed by atoms with van der Waals surface area (Å²) in [6.07, 6.45) is 7.95. The predicted molar refractivity (Wildman–Crippen MR) is 80.4 cm³/mol. The third kappa shape index (κ3) is 2.66. The normalized spacial score (nSPS) is 12.0. The number of amides is 1. The van der Waals surface area contributed by atoms with Crippen molar-refractivity contribution in [2.45, 2.75) is 13.8 Å². The molecule has 5 heteroatoms. The van der Waals surface area contributed by atoms with E-state index in [4.69, 9.17) is 0 Å². The first-order valence-electron chi connectivity index (χ1n) is 6.20. The van der Waals surface area contributed by atoms with Crippen LogP contribution in [0.4, 0.5) is 5.82 Å². The van der Waals surface area contributed by atoms with Crippen LogP contribution in [0, 0.1) is 6.92 Å². The summed E-state index contributed by atoms with van der Waals surface area (Å²) in [5, 5.41) is 7.06. The lowest BCUT2D eigenvalue weighted by Gasteiger charge is -2.03. The number of nitrogens with one attached hydrogen (secondary N) is 1. The molecule has 2 heterocycles. The van der Waals surface area contributed by atoms with Crippen LogP contribution in [-0.2, 0) is 4.79 Å². The summed E-state index contributed by atoms with van der Waals surface area (Å²) < 4.78 is 1.73. The molecule has 2 rings (SSSR count). The lowest BCUT2D eigenvalue weighted by molar-refractivity contribution is -0.105. The maximum absolute atomic E-state index is 10.7. The van der Waals surface area contributed by atoms with Crippen LogP contribution >= 0.6 is 0 Å². The first-order chi connectivity index (χ1) is 9.67. The van der Waals surface area contributed by atoms with Gasteiger partial charge in [-0.15, -0.1) is 0 Å². The van der Waals surface area contributed by atoms with Crippen molar-refractivity contribution in [3.63, 3.8) is 0 Å². The molecule has 0 bridgehead atoms. The molecule has 1 N–H and O–H groups in total. The Morgan fingerprint density at radius 3 is 2.90 bits per heavy atom. The first kappa shape index (κ1) is 13.7. The molecule has 2 aromatic heterocycles. The Morgan fingerprint density at radius 2 is 2.20 bits per heavy atom. The third-order valence-electron chi connectivity index (χ3n) is 2.77. The highest BCUT2D eigenvalue weighted by atomic mass is 16.1. The van der Waals surface area contributed by atoms with Gasteiger partial charge in [-0.05, 0) is 31.6 Å². The smallest absolute Gasteiger partial charge is 0.212 e. The maximum Gasteiger partial charge on any atom is 0.212 e. The highest BCUT2D eigenvalue weighted by Crippen LogP contribution is 2.24. The molecule has 0 saturated heterocycles. The average Bonchev–Trinajstić information content (AvgIpc) is 2.76. The zero-order chi connectivity index (χ0) is 14.5. The van der Waals surface area contributed by atoms with E-state index in [-0.39, 0.29) is 0 Å². The van der Waals surface area contributed by atoms with Gasteiger partial charge < -0.3 is 5.32 Å². The standard InChI is InChI=1S/C15H16N4O/c1-4-5-6-7-11(2)14-15(16-10-20)17-13-9-8-12(3)18-19(13)14/h4-10H,1H2,2-3H3,(H,16,20)/b6-5-,11-7+. The van der Waals surface area contributed by atoms with Crippen molar-refractivity contribution < 1.29 is 4.79 Å². The van der Waals surface area contributed by atoms with Gasteiger partial charge in [-0.25, -0.2) is 9.50 Å².